The molecule has 9 nitrogen and oxygen atoms in total. The third kappa shape index (κ3) is 5.19. The smallest absolute Gasteiger partial charge is 0.242 e. The highest BCUT2D eigenvalue weighted by atomic mass is 16.2. The minimum Gasteiger partial charge on any atom is -0.363 e. The maximum atomic E-state index is 13.0. The molecule has 0 bridgehead atoms. The van der Waals surface area contributed by atoms with E-state index in [4.69, 9.17) is 0 Å². The van der Waals surface area contributed by atoms with E-state index in [1.165, 1.54) is 0 Å². The zero-order valence-electron chi connectivity index (χ0n) is 19.7. The number of aryl methyl sites for hydroxylation is 1. The van der Waals surface area contributed by atoms with Gasteiger partial charge in [-0.15, -0.1) is 5.10 Å². The summed E-state index contributed by atoms with van der Waals surface area (Å²) in [5.74, 6) is 1.56. The van der Waals surface area contributed by atoms with Crippen molar-refractivity contribution in [1.82, 2.24) is 35.3 Å². The summed E-state index contributed by atoms with van der Waals surface area (Å²) in [4.78, 5) is 27.4. The van der Waals surface area contributed by atoms with E-state index < -0.39 is 0 Å². The molecule has 0 unspecified atom stereocenters. The number of para-hydroxylation sites is 1. The van der Waals surface area contributed by atoms with Crippen LogP contribution < -0.4 is 10.2 Å². The average Bonchev–Trinajstić information content (AvgIpc) is 3.40. The zero-order chi connectivity index (χ0) is 23.5. The third-order valence-electron chi connectivity index (χ3n) is 5.55. The van der Waals surface area contributed by atoms with Crippen molar-refractivity contribution < 1.29 is 4.79 Å². The molecule has 2 N–H and O–H groups in total. The molecule has 0 aliphatic rings. The van der Waals surface area contributed by atoms with E-state index in [2.05, 4.69) is 36.6 Å². The van der Waals surface area contributed by atoms with Crippen LogP contribution in [-0.4, -0.2) is 49.9 Å². The van der Waals surface area contributed by atoms with Crippen molar-refractivity contribution in [3.63, 3.8) is 0 Å². The number of hydrogen-bond acceptors (Lipinski definition) is 6. The van der Waals surface area contributed by atoms with Gasteiger partial charge in [0.1, 0.15) is 18.2 Å². The van der Waals surface area contributed by atoms with E-state index in [0.717, 1.165) is 33.7 Å². The molecule has 0 saturated heterocycles. The highest BCUT2D eigenvalue weighted by Crippen LogP contribution is 2.25. The molecule has 0 radical (unpaired) electrons. The molecule has 33 heavy (non-hydrogen) atoms. The summed E-state index contributed by atoms with van der Waals surface area (Å²) in [5, 5.41) is 12.5. The molecule has 0 aliphatic carbocycles. The van der Waals surface area contributed by atoms with Crippen molar-refractivity contribution in [1.29, 1.82) is 0 Å². The van der Waals surface area contributed by atoms with E-state index in [-0.39, 0.29) is 24.4 Å². The van der Waals surface area contributed by atoms with E-state index in [9.17, 15) is 4.79 Å². The number of fused-ring (bicyclic) bond motifs is 1. The molecule has 1 amide bonds. The maximum Gasteiger partial charge on any atom is 0.242 e. The van der Waals surface area contributed by atoms with Gasteiger partial charge in [-0.1, -0.05) is 37.3 Å². The molecule has 4 rings (SSSR count). The monoisotopic (exact) mass is 446 g/mol. The van der Waals surface area contributed by atoms with Gasteiger partial charge in [0.25, 0.3) is 0 Å². The maximum absolute atomic E-state index is 13.0. The largest absolute Gasteiger partial charge is 0.363 e. The minimum atomic E-state index is -0.329. The van der Waals surface area contributed by atoms with Gasteiger partial charge >= 0.3 is 0 Å². The van der Waals surface area contributed by atoms with Crippen LogP contribution in [-0.2, 0) is 17.8 Å². The Bertz CT molecular complexity index is 1260. The van der Waals surface area contributed by atoms with Crippen LogP contribution in [0.25, 0.3) is 10.9 Å². The highest BCUT2D eigenvalue weighted by Gasteiger charge is 2.21. The number of anilines is 1. The molecule has 3 aromatic heterocycles. The van der Waals surface area contributed by atoms with Crippen molar-refractivity contribution in [3.05, 3.63) is 65.5 Å². The van der Waals surface area contributed by atoms with Gasteiger partial charge in [0.05, 0.1) is 17.4 Å². The molecule has 1 aromatic carbocycles. The fraction of sp³-hybridized carbons (Fsp3) is 0.375. The predicted molar refractivity (Wildman–Crippen MR) is 128 cm³/mol. The zero-order valence-corrected chi connectivity index (χ0v) is 19.7. The second-order valence-corrected chi connectivity index (χ2v) is 8.77. The number of nitrogens with one attached hydrogen (secondary N) is 2. The molecule has 1 atom stereocenters. The van der Waals surface area contributed by atoms with E-state index in [1.54, 1.807) is 4.68 Å². The number of amides is 1. The fourth-order valence-corrected chi connectivity index (χ4v) is 3.77. The summed E-state index contributed by atoms with van der Waals surface area (Å²) in [6.45, 7) is 6.05. The first-order valence-corrected chi connectivity index (χ1v) is 11.1. The van der Waals surface area contributed by atoms with Crippen LogP contribution in [0.2, 0.25) is 0 Å². The Balaban J connectivity index is 1.62. The third-order valence-corrected chi connectivity index (χ3v) is 5.55. The van der Waals surface area contributed by atoms with Crippen molar-refractivity contribution in [2.75, 3.05) is 19.0 Å². The van der Waals surface area contributed by atoms with Crippen LogP contribution in [0.4, 0.5) is 5.82 Å². The lowest BCUT2D eigenvalue weighted by molar-refractivity contribution is -0.122. The number of aromatic amines is 1. The molecule has 0 aliphatic heterocycles. The summed E-state index contributed by atoms with van der Waals surface area (Å²) < 4.78 is 1.57. The van der Waals surface area contributed by atoms with E-state index in [1.807, 2.05) is 76.4 Å². The van der Waals surface area contributed by atoms with Crippen LogP contribution >= 0.6 is 0 Å². The highest BCUT2D eigenvalue weighted by molar-refractivity contribution is 5.83. The molecular weight excluding hydrogens is 416 g/mol. The first-order valence-electron chi connectivity index (χ1n) is 11.1. The Morgan fingerprint density at radius 1 is 1.18 bits per heavy atom. The van der Waals surface area contributed by atoms with Gasteiger partial charge in [0, 0.05) is 49.9 Å². The summed E-state index contributed by atoms with van der Waals surface area (Å²) in [7, 11) is 3.88. The number of carbonyl (C=O) groups excluding carboxylic acids is 1. The topological polar surface area (TPSA) is 105 Å². The normalized spacial score (nSPS) is 12.3. The van der Waals surface area contributed by atoms with E-state index in [0.29, 0.717) is 12.2 Å². The predicted octanol–water partition coefficient (Wildman–Crippen LogP) is 3.15. The number of aromatic nitrogens is 6. The summed E-state index contributed by atoms with van der Waals surface area (Å²) in [6.07, 6.45) is 4.41. The number of nitrogens with zero attached hydrogens (tertiary/aromatic N) is 6. The number of carbonyl (C=O) groups is 1. The molecule has 9 heteroatoms. The van der Waals surface area contributed by atoms with Crippen LogP contribution in [0.15, 0.2) is 42.7 Å². The van der Waals surface area contributed by atoms with Gasteiger partial charge < -0.3 is 15.2 Å². The molecule has 4 aromatic rings. The molecule has 0 spiro atoms. The van der Waals surface area contributed by atoms with Gasteiger partial charge in [-0.05, 0) is 24.5 Å². The lowest BCUT2D eigenvalue weighted by Gasteiger charge is -2.21. The minimum absolute atomic E-state index is 0.0920. The standard InChI is InChI=1S/C24H30N8O/c1-15(2)22-13-32(30-29-22)14-24(33)28-20(21-11-23(31(4)5)27-16(3)26-21)10-17-12-25-19-9-7-6-8-18(17)19/h6-9,11-13,15,20,25H,10,14H2,1-5H3,(H,28,33)/t20-/m1/s1. The molecule has 172 valence electrons. The lowest BCUT2D eigenvalue weighted by Crippen LogP contribution is -2.33. The Morgan fingerprint density at radius 2 is 1.97 bits per heavy atom. The second kappa shape index (κ2) is 9.40. The Morgan fingerprint density at radius 3 is 2.70 bits per heavy atom. The van der Waals surface area contributed by atoms with Crippen LogP contribution in [0, 0.1) is 6.92 Å². The number of benzene rings is 1. The van der Waals surface area contributed by atoms with Gasteiger partial charge in [-0.25, -0.2) is 14.6 Å². The van der Waals surface area contributed by atoms with Gasteiger partial charge in [-0.3, -0.25) is 4.79 Å². The van der Waals surface area contributed by atoms with Gasteiger partial charge in [0.15, 0.2) is 0 Å². The first kappa shape index (κ1) is 22.4. The fourth-order valence-electron chi connectivity index (χ4n) is 3.77. The second-order valence-electron chi connectivity index (χ2n) is 8.77. The Labute approximate surface area is 193 Å². The molecule has 0 fully saturated rings. The molecular formula is C24H30N8O. The average molecular weight is 447 g/mol. The van der Waals surface area contributed by atoms with Crippen molar-refractivity contribution in [2.45, 2.75) is 45.7 Å². The van der Waals surface area contributed by atoms with Gasteiger partial charge in [0.2, 0.25) is 5.91 Å². The summed E-state index contributed by atoms with van der Waals surface area (Å²) in [6, 6.07) is 9.75. The Kier molecular flexibility index (Phi) is 6.39. The number of hydrogen-bond donors (Lipinski definition) is 2. The SMILES string of the molecule is Cc1nc([C@@H](Cc2c[nH]c3ccccc23)NC(=O)Cn2cc(C(C)C)nn2)cc(N(C)C)n1. The molecule has 0 saturated carbocycles. The summed E-state index contributed by atoms with van der Waals surface area (Å²) >= 11 is 0. The van der Waals surface area contributed by atoms with Crippen LogP contribution in [0.5, 0.6) is 0 Å². The van der Waals surface area contributed by atoms with Gasteiger partial charge in [-0.2, -0.15) is 0 Å². The Hall–Kier alpha value is -3.75. The number of rotatable bonds is 8. The van der Waals surface area contributed by atoms with Crippen molar-refractivity contribution in [3.8, 4) is 0 Å². The van der Waals surface area contributed by atoms with Crippen molar-refractivity contribution >= 4 is 22.6 Å². The first-order chi connectivity index (χ1) is 15.8. The lowest BCUT2D eigenvalue weighted by atomic mass is 10.0. The quantitative estimate of drug-likeness (QED) is 0.431. The molecule has 3 heterocycles. The number of H-pyrrole nitrogens is 1. The van der Waals surface area contributed by atoms with E-state index >= 15 is 0 Å². The van der Waals surface area contributed by atoms with Crippen LogP contribution in [0.3, 0.4) is 0 Å². The van der Waals surface area contributed by atoms with Crippen molar-refractivity contribution in [2.24, 2.45) is 0 Å². The summed E-state index contributed by atoms with van der Waals surface area (Å²) in [5.41, 5.74) is 3.81. The van der Waals surface area contributed by atoms with Crippen LogP contribution in [0.1, 0.15) is 48.6 Å².